The van der Waals surface area contributed by atoms with Gasteiger partial charge in [-0.3, -0.25) is 4.90 Å². The molecule has 0 saturated carbocycles. The van der Waals surface area contributed by atoms with Crippen LogP contribution < -0.4 is 5.73 Å². The molecule has 0 radical (unpaired) electrons. The lowest BCUT2D eigenvalue weighted by Gasteiger charge is -2.28. The molecule has 0 aliphatic rings. The van der Waals surface area contributed by atoms with E-state index >= 15 is 0 Å². The third-order valence-corrected chi connectivity index (χ3v) is 3.33. The van der Waals surface area contributed by atoms with Crippen LogP contribution in [0, 0.1) is 13.8 Å². The van der Waals surface area contributed by atoms with E-state index < -0.39 is 0 Å². The summed E-state index contributed by atoms with van der Waals surface area (Å²) in [7, 11) is 2.11. The van der Waals surface area contributed by atoms with Crippen LogP contribution >= 0.6 is 0 Å². The van der Waals surface area contributed by atoms with Crippen LogP contribution in [0.2, 0.25) is 0 Å². The molecule has 0 aliphatic heterocycles. The van der Waals surface area contributed by atoms with Crippen molar-refractivity contribution in [1.82, 2.24) is 4.90 Å². The van der Waals surface area contributed by atoms with Crippen molar-refractivity contribution in [1.29, 1.82) is 0 Å². The Morgan fingerprint density at radius 3 is 2.61 bits per heavy atom. The minimum absolute atomic E-state index is 0.269. The Morgan fingerprint density at radius 1 is 1.33 bits per heavy atom. The monoisotopic (exact) mass is 250 g/mol. The van der Waals surface area contributed by atoms with Crippen molar-refractivity contribution < 1.29 is 4.74 Å². The summed E-state index contributed by atoms with van der Waals surface area (Å²) in [6.07, 6.45) is 0. The first-order valence-electron chi connectivity index (χ1n) is 6.65. The lowest BCUT2D eigenvalue weighted by molar-refractivity contribution is 0.108. The van der Waals surface area contributed by atoms with Crippen molar-refractivity contribution >= 4 is 0 Å². The number of likely N-dealkylation sites (N-methyl/N-ethyl adjacent to an activating group) is 1. The first kappa shape index (κ1) is 15.2. The van der Waals surface area contributed by atoms with Crippen molar-refractivity contribution in [2.45, 2.75) is 26.8 Å². The Bertz CT molecular complexity index is 366. The van der Waals surface area contributed by atoms with E-state index in [1.807, 2.05) is 6.92 Å². The zero-order valence-corrected chi connectivity index (χ0v) is 12.1. The number of hydrogen-bond acceptors (Lipinski definition) is 3. The molecular weight excluding hydrogens is 224 g/mol. The zero-order valence-electron chi connectivity index (χ0n) is 12.1. The molecule has 0 aromatic heterocycles. The largest absolute Gasteiger partial charge is 0.380 e. The van der Waals surface area contributed by atoms with Crippen molar-refractivity contribution in [2.24, 2.45) is 5.73 Å². The first-order valence-corrected chi connectivity index (χ1v) is 6.65. The van der Waals surface area contributed by atoms with Crippen molar-refractivity contribution in [2.75, 3.05) is 33.4 Å². The number of ether oxygens (including phenoxy) is 1. The number of nitrogens with zero attached hydrogens (tertiary/aromatic N) is 1. The van der Waals surface area contributed by atoms with Gasteiger partial charge in [-0.15, -0.1) is 0 Å². The molecule has 1 unspecified atom stereocenters. The van der Waals surface area contributed by atoms with E-state index in [-0.39, 0.29) is 6.04 Å². The van der Waals surface area contributed by atoms with Gasteiger partial charge in [0.15, 0.2) is 0 Å². The van der Waals surface area contributed by atoms with E-state index in [9.17, 15) is 0 Å². The maximum Gasteiger partial charge on any atom is 0.0593 e. The van der Waals surface area contributed by atoms with Crippen LogP contribution in [0.3, 0.4) is 0 Å². The fourth-order valence-corrected chi connectivity index (χ4v) is 2.25. The summed E-state index contributed by atoms with van der Waals surface area (Å²) in [5.74, 6) is 0. The predicted octanol–water partition coefficient (Wildman–Crippen LogP) is 2.27. The van der Waals surface area contributed by atoms with E-state index in [4.69, 9.17) is 10.5 Å². The lowest BCUT2D eigenvalue weighted by Crippen LogP contribution is -2.33. The Hall–Kier alpha value is -0.900. The predicted molar refractivity (Wildman–Crippen MR) is 76.8 cm³/mol. The fraction of sp³-hybridized carbons (Fsp3) is 0.600. The summed E-state index contributed by atoms with van der Waals surface area (Å²) < 4.78 is 5.40. The van der Waals surface area contributed by atoms with Gasteiger partial charge in [-0.1, -0.05) is 23.8 Å². The molecule has 1 aromatic rings. The van der Waals surface area contributed by atoms with Gasteiger partial charge in [-0.05, 0) is 38.9 Å². The molecule has 2 N–H and O–H groups in total. The molecule has 0 fully saturated rings. The second-order valence-electron chi connectivity index (χ2n) is 4.79. The number of hydrogen-bond donors (Lipinski definition) is 1. The van der Waals surface area contributed by atoms with Gasteiger partial charge < -0.3 is 10.5 Å². The molecule has 18 heavy (non-hydrogen) atoms. The van der Waals surface area contributed by atoms with E-state index in [0.29, 0.717) is 6.54 Å². The van der Waals surface area contributed by atoms with Crippen LogP contribution in [0.25, 0.3) is 0 Å². The highest BCUT2D eigenvalue weighted by Crippen LogP contribution is 2.22. The first-order chi connectivity index (χ1) is 8.60. The average Bonchev–Trinajstić information content (AvgIpc) is 2.33. The zero-order chi connectivity index (χ0) is 13.5. The molecule has 0 bridgehead atoms. The third-order valence-electron chi connectivity index (χ3n) is 3.33. The van der Waals surface area contributed by atoms with Crippen LogP contribution in [0.1, 0.15) is 29.7 Å². The fourth-order valence-electron chi connectivity index (χ4n) is 2.25. The smallest absolute Gasteiger partial charge is 0.0593 e. The van der Waals surface area contributed by atoms with Crippen LogP contribution in [-0.2, 0) is 4.74 Å². The topological polar surface area (TPSA) is 38.5 Å². The van der Waals surface area contributed by atoms with E-state index in [0.717, 1.165) is 19.8 Å². The maximum absolute atomic E-state index is 5.93. The van der Waals surface area contributed by atoms with Gasteiger partial charge in [-0.25, -0.2) is 0 Å². The molecule has 0 saturated heterocycles. The molecule has 3 nitrogen and oxygen atoms in total. The summed E-state index contributed by atoms with van der Waals surface area (Å²) in [5.41, 5.74) is 9.86. The van der Waals surface area contributed by atoms with Gasteiger partial charge in [0.1, 0.15) is 0 Å². The molecule has 0 amide bonds. The van der Waals surface area contributed by atoms with Crippen molar-refractivity contribution in [3.8, 4) is 0 Å². The minimum Gasteiger partial charge on any atom is -0.380 e. The highest BCUT2D eigenvalue weighted by molar-refractivity contribution is 5.33. The van der Waals surface area contributed by atoms with E-state index in [1.165, 1.54) is 16.7 Å². The van der Waals surface area contributed by atoms with Gasteiger partial charge in [0.05, 0.1) is 6.61 Å². The Balaban J connectivity index is 2.75. The summed E-state index contributed by atoms with van der Waals surface area (Å²) in [6, 6.07) is 6.83. The summed E-state index contributed by atoms with van der Waals surface area (Å²) >= 11 is 0. The molecule has 1 atom stereocenters. The number of aryl methyl sites for hydroxylation is 2. The van der Waals surface area contributed by atoms with Gasteiger partial charge in [0, 0.05) is 25.7 Å². The Morgan fingerprint density at radius 2 is 2.06 bits per heavy atom. The highest BCUT2D eigenvalue weighted by Gasteiger charge is 2.16. The quantitative estimate of drug-likeness (QED) is 0.755. The summed E-state index contributed by atoms with van der Waals surface area (Å²) in [4.78, 5) is 2.27. The van der Waals surface area contributed by atoms with Crippen molar-refractivity contribution in [3.63, 3.8) is 0 Å². The summed E-state index contributed by atoms with van der Waals surface area (Å²) in [5, 5.41) is 0. The number of nitrogens with two attached hydrogens (primary N) is 1. The third kappa shape index (κ3) is 4.09. The van der Waals surface area contributed by atoms with E-state index in [1.54, 1.807) is 0 Å². The molecule has 0 spiro atoms. The standard InChI is InChI=1S/C15H26N2O/c1-5-18-9-8-17(4)15(11-16)14-7-6-12(2)10-13(14)3/h6-7,10,15H,5,8-9,11,16H2,1-4H3. The number of benzene rings is 1. The molecule has 3 heteroatoms. The number of rotatable bonds is 7. The molecule has 1 rings (SSSR count). The lowest BCUT2D eigenvalue weighted by atomic mass is 9.98. The highest BCUT2D eigenvalue weighted by atomic mass is 16.5. The maximum atomic E-state index is 5.93. The Kier molecular flexibility index (Phi) is 6.33. The SMILES string of the molecule is CCOCCN(C)C(CN)c1ccc(C)cc1C. The van der Waals surface area contributed by atoms with Gasteiger partial charge in [-0.2, -0.15) is 0 Å². The normalized spacial score (nSPS) is 13.0. The van der Waals surface area contributed by atoms with Gasteiger partial charge in [0.25, 0.3) is 0 Å². The van der Waals surface area contributed by atoms with Crippen LogP contribution in [-0.4, -0.2) is 38.3 Å². The molecule has 0 aliphatic carbocycles. The molecule has 0 heterocycles. The van der Waals surface area contributed by atoms with Crippen LogP contribution in [0.5, 0.6) is 0 Å². The second kappa shape index (κ2) is 7.52. The molecule has 102 valence electrons. The minimum atomic E-state index is 0.269. The van der Waals surface area contributed by atoms with Crippen LogP contribution in [0.15, 0.2) is 18.2 Å². The molecule has 1 aromatic carbocycles. The Labute approximate surface area is 111 Å². The average molecular weight is 250 g/mol. The van der Waals surface area contributed by atoms with Crippen LogP contribution in [0.4, 0.5) is 0 Å². The molecular formula is C15H26N2O. The van der Waals surface area contributed by atoms with E-state index in [2.05, 4.69) is 44.0 Å². The summed E-state index contributed by atoms with van der Waals surface area (Å²) in [6.45, 7) is 9.35. The second-order valence-corrected chi connectivity index (χ2v) is 4.79. The van der Waals surface area contributed by atoms with Crippen molar-refractivity contribution in [3.05, 3.63) is 34.9 Å². The van der Waals surface area contributed by atoms with Gasteiger partial charge >= 0.3 is 0 Å². The van der Waals surface area contributed by atoms with Gasteiger partial charge in [0.2, 0.25) is 0 Å².